The van der Waals surface area contributed by atoms with Crippen LogP contribution in [0.3, 0.4) is 0 Å². The molecule has 0 amide bonds. The summed E-state index contributed by atoms with van der Waals surface area (Å²) in [5.74, 6) is 0. The minimum Gasteiger partial charge on any atom is -0.381 e. The second-order valence-electron chi connectivity index (χ2n) is 5.45. The van der Waals surface area contributed by atoms with Gasteiger partial charge in [0.2, 0.25) is 0 Å². The van der Waals surface area contributed by atoms with E-state index in [0.29, 0.717) is 0 Å². The molecule has 0 bridgehead atoms. The Morgan fingerprint density at radius 1 is 1.06 bits per heavy atom. The Labute approximate surface area is 102 Å². The van der Waals surface area contributed by atoms with Gasteiger partial charge in [0.15, 0.2) is 0 Å². The van der Waals surface area contributed by atoms with E-state index in [0.717, 1.165) is 59.0 Å². The molecule has 3 aliphatic heterocycles. The van der Waals surface area contributed by atoms with Crippen LogP contribution in [0.2, 0.25) is 0 Å². The highest BCUT2D eigenvalue weighted by Crippen LogP contribution is 2.31. The number of nitrogens with one attached hydrogen (secondary N) is 1. The number of nitrogens with zero attached hydrogens (tertiary/aromatic N) is 1. The van der Waals surface area contributed by atoms with Crippen molar-refractivity contribution in [1.29, 1.82) is 0 Å². The topological polar surface area (TPSA) is 43.0 Å². The molecule has 3 fully saturated rings. The van der Waals surface area contributed by atoms with Crippen molar-refractivity contribution < 1.29 is 14.2 Å². The molecule has 3 rings (SSSR count). The highest BCUT2D eigenvalue weighted by atomic mass is 16.5. The zero-order valence-electron chi connectivity index (χ0n) is 10.5. The maximum Gasteiger partial charge on any atom is 0.123 e. The fourth-order valence-corrected chi connectivity index (χ4v) is 2.87. The summed E-state index contributed by atoms with van der Waals surface area (Å²) in [5, 5.41) is 3.60. The normalized spacial score (nSPS) is 38.6. The standard InChI is InChI=1S/C12H22N2O3/c1-14-4-7-16-9-11(14)8-13-12(17-10-11)2-5-15-6-3-12/h13H,2-10H2,1H3. The number of rotatable bonds is 0. The van der Waals surface area contributed by atoms with E-state index in [2.05, 4.69) is 17.3 Å². The number of likely N-dealkylation sites (N-methyl/N-ethyl adjacent to an activating group) is 1. The van der Waals surface area contributed by atoms with Gasteiger partial charge in [0, 0.05) is 25.9 Å². The van der Waals surface area contributed by atoms with E-state index in [1.807, 2.05) is 0 Å². The van der Waals surface area contributed by atoms with E-state index in [4.69, 9.17) is 14.2 Å². The predicted octanol–water partition coefficient (Wildman–Crippen LogP) is -0.186. The molecule has 1 N–H and O–H groups in total. The van der Waals surface area contributed by atoms with Gasteiger partial charge in [-0.2, -0.15) is 0 Å². The second-order valence-corrected chi connectivity index (χ2v) is 5.45. The van der Waals surface area contributed by atoms with Crippen LogP contribution in [0.4, 0.5) is 0 Å². The van der Waals surface area contributed by atoms with E-state index in [-0.39, 0.29) is 11.3 Å². The molecule has 5 nitrogen and oxygen atoms in total. The Kier molecular flexibility index (Phi) is 3.13. The summed E-state index contributed by atoms with van der Waals surface area (Å²) < 4.78 is 17.2. The second kappa shape index (κ2) is 4.48. The fourth-order valence-electron chi connectivity index (χ4n) is 2.87. The first-order chi connectivity index (χ1) is 8.25. The summed E-state index contributed by atoms with van der Waals surface area (Å²) in [6.45, 7) is 5.89. The maximum absolute atomic E-state index is 6.16. The monoisotopic (exact) mass is 242 g/mol. The molecular formula is C12H22N2O3. The molecule has 98 valence electrons. The first kappa shape index (κ1) is 11.9. The summed E-state index contributed by atoms with van der Waals surface area (Å²) in [7, 11) is 2.16. The molecule has 3 heterocycles. The van der Waals surface area contributed by atoms with Crippen molar-refractivity contribution in [3.05, 3.63) is 0 Å². The average Bonchev–Trinajstić information content (AvgIpc) is 2.38. The lowest BCUT2D eigenvalue weighted by atomic mass is 9.92. The van der Waals surface area contributed by atoms with Crippen LogP contribution in [0.15, 0.2) is 0 Å². The molecule has 1 atom stereocenters. The van der Waals surface area contributed by atoms with Crippen LogP contribution in [0, 0.1) is 0 Å². The van der Waals surface area contributed by atoms with Gasteiger partial charge in [-0.25, -0.2) is 0 Å². The van der Waals surface area contributed by atoms with Crippen molar-refractivity contribution in [2.75, 3.05) is 53.2 Å². The molecule has 0 aromatic carbocycles. The Balaban J connectivity index is 1.66. The lowest BCUT2D eigenvalue weighted by Gasteiger charge is -2.53. The zero-order valence-corrected chi connectivity index (χ0v) is 10.5. The Morgan fingerprint density at radius 3 is 2.53 bits per heavy atom. The predicted molar refractivity (Wildman–Crippen MR) is 62.9 cm³/mol. The quantitative estimate of drug-likeness (QED) is 0.638. The van der Waals surface area contributed by atoms with E-state index in [9.17, 15) is 0 Å². The molecule has 5 heteroatoms. The molecular weight excluding hydrogens is 220 g/mol. The van der Waals surface area contributed by atoms with Crippen LogP contribution in [-0.2, 0) is 14.2 Å². The minimum atomic E-state index is -0.137. The molecule has 3 saturated heterocycles. The van der Waals surface area contributed by atoms with E-state index in [1.165, 1.54) is 0 Å². The Bertz CT molecular complexity index is 269. The fraction of sp³-hybridized carbons (Fsp3) is 1.00. The number of ether oxygens (including phenoxy) is 3. The number of hydrogen-bond acceptors (Lipinski definition) is 5. The molecule has 2 spiro atoms. The summed E-state index contributed by atoms with van der Waals surface area (Å²) in [6.07, 6.45) is 1.90. The van der Waals surface area contributed by atoms with Crippen molar-refractivity contribution in [1.82, 2.24) is 10.2 Å². The molecule has 0 aliphatic carbocycles. The highest BCUT2D eigenvalue weighted by Gasteiger charge is 2.47. The highest BCUT2D eigenvalue weighted by molar-refractivity contribution is 5.00. The lowest BCUT2D eigenvalue weighted by Crippen LogP contribution is -2.71. The van der Waals surface area contributed by atoms with Crippen molar-refractivity contribution >= 4 is 0 Å². The smallest absolute Gasteiger partial charge is 0.123 e. The summed E-state index contributed by atoms with van der Waals surface area (Å²) >= 11 is 0. The summed E-state index contributed by atoms with van der Waals surface area (Å²) in [6, 6.07) is 0. The third-order valence-electron chi connectivity index (χ3n) is 4.41. The van der Waals surface area contributed by atoms with Gasteiger partial charge in [-0.3, -0.25) is 10.2 Å². The van der Waals surface area contributed by atoms with Gasteiger partial charge in [0.25, 0.3) is 0 Å². The van der Waals surface area contributed by atoms with Crippen LogP contribution in [0.1, 0.15) is 12.8 Å². The van der Waals surface area contributed by atoms with Crippen molar-refractivity contribution in [2.45, 2.75) is 24.1 Å². The van der Waals surface area contributed by atoms with E-state index >= 15 is 0 Å². The molecule has 3 aliphatic rings. The Hall–Kier alpha value is -0.200. The average molecular weight is 242 g/mol. The van der Waals surface area contributed by atoms with Gasteiger partial charge in [0.1, 0.15) is 5.72 Å². The number of hydrogen-bond donors (Lipinski definition) is 1. The molecule has 1 unspecified atom stereocenters. The Morgan fingerprint density at radius 2 is 1.88 bits per heavy atom. The van der Waals surface area contributed by atoms with Crippen LogP contribution < -0.4 is 5.32 Å². The SMILES string of the molecule is CN1CCOCC12CNC1(CCOCC1)OC2. The van der Waals surface area contributed by atoms with Crippen molar-refractivity contribution in [3.8, 4) is 0 Å². The zero-order chi connectivity index (χ0) is 11.8. The minimum absolute atomic E-state index is 0.0296. The van der Waals surface area contributed by atoms with Gasteiger partial charge in [0.05, 0.1) is 38.6 Å². The first-order valence-corrected chi connectivity index (χ1v) is 6.51. The van der Waals surface area contributed by atoms with Crippen LogP contribution in [0.25, 0.3) is 0 Å². The van der Waals surface area contributed by atoms with Gasteiger partial charge in [-0.05, 0) is 7.05 Å². The first-order valence-electron chi connectivity index (χ1n) is 6.51. The molecule has 0 radical (unpaired) electrons. The lowest BCUT2D eigenvalue weighted by molar-refractivity contribution is -0.207. The van der Waals surface area contributed by atoms with Crippen molar-refractivity contribution in [3.63, 3.8) is 0 Å². The third kappa shape index (κ3) is 2.11. The van der Waals surface area contributed by atoms with Crippen LogP contribution in [-0.4, -0.2) is 69.3 Å². The van der Waals surface area contributed by atoms with Gasteiger partial charge in [-0.1, -0.05) is 0 Å². The largest absolute Gasteiger partial charge is 0.381 e. The third-order valence-corrected chi connectivity index (χ3v) is 4.41. The van der Waals surface area contributed by atoms with Crippen molar-refractivity contribution in [2.24, 2.45) is 0 Å². The molecule has 0 aromatic heterocycles. The van der Waals surface area contributed by atoms with E-state index in [1.54, 1.807) is 0 Å². The summed E-state index contributed by atoms with van der Waals surface area (Å²) in [5.41, 5.74) is -0.108. The van der Waals surface area contributed by atoms with Gasteiger partial charge >= 0.3 is 0 Å². The van der Waals surface area contributed by atoms with Crippen LogP contribution in [0.5, 0.6) is 0 Å². The molecule has 17 heavy (non-hydrogen) atoms. The van der Waals surface area contributed by atoms with Crippen LogP contribution >= 0.6 is 0 Å². The molecule has 0 aromatic rings. The molecule has 0 saturated carbocycles. The van der Waals surface area contributed by atoms with E-state index < -0.39 is 0 Å². The number of morpholine rings is 1. The summed E-state index contributed by atoms with van der Waals surface area (Å²) in [4.78, 5) is 2.37. The van der Waals surface area contributed by atoms with Gasteiger partial charge < -0.3 is 14.2 Å². The van der Waals surface area contributed by atoms with Gasteiger partial charge in [-0.15, -0.1) is 0 Å². The maximum atomic E-state index is 6.16.